The Hall–Kier alpha value is -1.95. The zero-order valence-corrected chi connectivity index (χ0v) is 23.1. The molecule has 2 heterocycles. The summed E-state index contributed by atoms with van der Waals surface area (Å²) in [4.78, 5) is 26.1. The Morgan fingerprint density at radius 1 is 1.11 bits per heavy atom. The molecule has 1 aromatic heterocycles. The second-order valence-electron chi connectivity index (χ2n) is 13.5. The van der Waals surface area contributed by atoms with E-state index in [1.807, 2.05) is 6.07 Å². The number of piperazine rings is 1. The van der Waals surface area contributed by atoms with Gasteiger partial charge in [-0.05, 0) is 97.9 Å². The fourth-order valence-corrected chi connectivity index (χ4v) is 9.82. The fraction of sp³-hybridized carbons (Fsp3) is 0.774. The van der Waals surface area contributed by atoms with Gasteiger partial charge in [-0.2, -0.15) is 0 Å². The lowest BCUT2D eigenvalue weighted by Crippen LogP contribution is -2.51. The summed E-state index contributed by atoms with van der Waals surface area (Å²) < 4.78 is 0. The summed E-state index contributed by atoms with van der Waals surface area (Å²) in [6.45, 7) is 10.7. The van der Waals surface area contributed by atoms with Gasteiger partial charge in [0.25, 0.3) is 0 Å². The highest BCUT2D eigenvalue weighted by molar-refractivity contribution is 5.76. The molecule has 0 radical (unpaired) electrons. The largest absolute Gasteiger partial charge is 0.393 e. The molecule has 8 atom stereocenters. The maximum Gasteiger partial charge on any atom is 0.222 e. The number of aliphatic hydroxyl groups excluding tert-OH is 1. The third kappa shape index (κ3) is 4.31. The van der Waals surface area contributed by atoms with Crippen LogP contribution < -0.4 is 4.90 Å². The van der Waals surface area contributed by atoms with E-state index in [4.69, 9.17) is 0 Å². The van der Waals surface area contributed by atoms with E-state index in [9.17, 15) is 9.90 Å². The van der Waals surface area contributed by atoms with Crippen molar-refractivity contribution >= 4 is 11.7 Å². The van der Waals surface area contributed by atoms with E-state index < -0.39 is 0 Å². The van der Waals surface area contributed by atoms with Gasteiger partial charge in [0.05, 0.1) is 6.10 Å². The van der Waals surface area contributed by atoms with E-state index in [1.54, 1.807) is 18.1 Å². The van der Waals surface area contributed by atoms with Crippen LogP contribution in [-0.4, -0.2) is 58.2 Å². The molecule has 0 aromatic carbocycles. The molecule has 37 heavy (non-hydrogen) atoms. The monoisotopic (exact) mass is 506 g/mol. The quantitative estimate of drug-likeness (QED) is 0.576. The first-order valence-electron chi connectivity index (χ1n) is 15.0. The number of fused-ring (bicyclic) bond motifs is 5. The smallest absolute Gasteiger partial charge is 0.222 e. The molecule has 0 spiro atoms. The minimum atomic E-state index is -0.130. The number of aromatic nitrogens is 2. The lowest BCUT2D eigenvalue weighted by molar-refractivity contribution is -0.133. The van der Waals surface area contributed by atoms with Gasteiger partial charge in [0.15, 0.2) is 0 Å². The lowest BCUT2D eigenvalue weighted by atomic mass is 9.47. The fourth-order valence-electron chi connectivity index (χ4n) is 9.82. The van der Waals surface area contributed by atoms with Crippen molar-refractivity contribution in [2.75, 3.05) is 31.1 Å². The first-order valence-corrected chi connectivity index (χ1v) is 15.0. The van der Waals surface area contributed by atoms with Crippen LogP contribution in [0.1, 0.15) is 78.6 Å². The van der Waals surface area contributed by atoms with E-state index in [-0.39, 0.29) is 6.10 Å². The lowest BCUT2D eigenvalue weighted by Gasteiger charge is -2.58. The first-order chi connectivity index (χ1) is 17.8. The molecule has 1 amide bonds. The van der Waals surface area contributed by atoms with Crippen LogP contribution >= 0.6 is 0 Å². The van der Waals surface area contributed by atoms with Gasteiger partial charge in [0.1, 0.15) is 12.1 Å². The van der Waals surface area contributed by atoms with Crippen molar-refractivity contribution < 1.29 is 9.90 Å². The third-order valence-corrected chi connectivity index (χ3v) is 11.9. The highest BCUT2D eigenvalue weighted by Gasteiger charge is 2.59. The summed E-state index contributed by atoms with van der Waals surface area (Å²) in [5.41, 5.74) is 2.23. The van der Waals surface area contributed by atoms with Gasteiger partial charge in [-0.3, -0.25) is 4.79 Å². The van der Waals surface area contributed by atoms with Crippen LogP contribution in [0.4, 0.5) is 5.82 Å². The van der Waals surface area contributed by atoms with Crippen molar-refractivity contribution in [1.82, 2.24) is 14.9 Å². The van der Waals surface area contributed by atoms with Gasteiger partial charge in [-0.15, -0.1) is 0 Å². The SMILES string of the molecule is C[C@H](CC(=O)N1CCN(c2ccncn2)CC1)[C@H]1CC[C@H]2[C@@H]3CC=C4C[C@@H](O)CC[C@]4(C)[C@H]3CC[C@]12C. The molecule has 4 aliphatic carbocycles. The summed E-state index contributed by atoms with van der Waals surface area (Å²) in [6, 6.07) is 1.95. The van der Waals surface area contributed by atoms with E-state index in [0.29, 0.717) is 35.0 Å². The van der Waals surface area contributed by atoms with Crippen molar-refractivity contribution in [2.24, 2.45) is 40.4 Å². The number of nitrogens with zero attached hydrogens (tertiary/aromatic N) is 4. The Morgan fingerprint density at radius 3 is 2.68 bits per heavy atom. The van der Waals surface area contributed by atoms with E-state index in [0.717, 1.165) is 69.0 Å². The first kappa shape index (κ1) is 25.3. The van der Waals surface area contributed by atoms with Crippen molar-refractivity contribution in [2.45, 2.75) is 84.7 Å². The van der Waals surface area contributed by atoms with Crippen LogP contribution in [0, 0.1) is 40.4 Å². The molecule has 1 N–H and O–H groups in total. The van der Waals surface area contributed by atoms with Crippen LogP contribution in [0.25, 0.3) is 0 Å². The molecule has 0 bridgehead atoms. The number of amides is 1. The van der Waals surface area contributed by atoms with Gasteiger partial charge >= 0.3 is 0 Å². The topological polar surface area (TPSA) is 69.6 Å². The minimum absolute atomic E-state index is 0.130. The van der Waals surface area contributed by atoms with Crippen molar-refractivity contribution in [3.63, 3.8) is 0 Å². The standard InChI is InChI=1S/C31H46N4O2/c1-21(18-29(37)35-16-14-34(15-17-35)28-10-13-32-20-33-28)25-6-7-26-24-5-4-22-19-23(36)8-11-30(22,2)27(24)9-12-31(25,26)3/h4,10,13,20-21,23-27,36H,5-9,11-12,14-19H2,1-3H3/t21-,23+,24+,25-,26+,27+,30+,31-/m1/s1. The predicted octanol–water partition coefficient (Wildman–Crippen LogP) is 5.09. The Morgan fingerprint density at radius 2 is 1.92 bits per heavy atom. The number of anilines is 1. The number of carbonyl (C=O) groups excluding carboxylic acids is 1. The summed E-state index contributed by atoms with van der Waals surface area (Å²) in [7, 11) is 0. The van der Waals surface area contributed by atoms with E-state index >= 15 is 0 Å². The Bertz CT molecular complexity index is 1020. The molecule has 1 aliphatic heterocycles. The molecular formula is C31H46N4O2. The predicted molar refractivity (Wildman–Crippen MR) is 146 cm³/mol. The summed E-state index contributed by atoms with van der Waals surface area (Å²) in [5, 5.41) is 10.3. The average Bonchev–Trinajstić information content (AvgIpc) is 3.27. The van der Waals surface area contributed by atoms with Gasteiger partial charge < -0.3 is 14.9 Å². The molecule has 6 nitrogen and oxygen atoms in total. The molecule has 1 saturated heterocycles. The van der Waals surface area contributed by atoms with Crippen LogP contribution in [0.5, 0.6) is 0 Å². The number of allylic oxidation sites excluding steroid dienone is 1. The minimum Gasteiger partial charge on any atom is -0.393 e. The summed E-state index contributed by atoms with van der Waals surface area (Å²) in [6.07, 6.45) is 16.0. The number of carbonyl (C=O) groups is 1. The highest BCUT2D eigenvalue weighted by atomic mass is 16.3. The zero-order valence-electron chi connectivity index (χ0n) is 23.1. The normalized spacial score (nSPS) is 40.3. The highest BCUT2D eigenvalue weighted by Crippen LogP contribution is 2.67. The van der Waals surface area contributed by atoms with Crippen LogP contribution in [-0.2, 0) is 4.79 Å². The Kier molecular flexibility index (Phi) is 6.61. The zero-order chi connectivity index (χ0) is 25.8. The van der Waals surface area contributed by atoms with Gasteiger partial charge in [-0.1, -0.05) is 32.4 Å². The number of rotatable bonds is 4. The molecule has 6 heteroatoms. The molecule has 3 saturated carbocycles. The van der Waals surface area contributed by atoms with Crippen LogP contribution in [0.2, 0.25) is 0 Å². The molecule has 1 aromatic rings. The number of hydrogen-bond acceptors (Lipinski definition) is 5. The van der Waals surface area contributed by atoms with Crippen LogP contribution in [0.3, 0.4) is 0 Å². The molecule has 6 rings (SSSR count). The number of hydrogen-bond donors (Lipinski definition) is 1. The Labute approximate surface area is 222 Å². The second kappa shape index (κ2) is 9.66. The Balaban J connectivity index is 1.09. The van der Waals surface area contributed by atoms with E-state index in [2.05, 4.69) is 46.6 Å². The third-order valence-electron chi connectivity index (χ3n) is 11.9. The van der Waals surface area contributed by atoms with Gasteiger partial charge in [-0.25, -0.2) is 9.97 Å². The maximum atomic E-state index is 13.4. The number of aliphatic hydroxyl groups is 1. The summed E-state index contributed by atoms with van der Waals surface area (Å²) >= 11 is 0. The van der Waals surface area contributed by atoms with Gasteiger partial charge in [0, 0.05) is 38.8 Å². The molecule has 202 valence electrons. The summed E-state index contributed by atoms with van der Waals surface area (Å²) in [5.74, 6) is 4.73. The molecule has 5 aliphatic rings. The molecule has 0 unspecified atom stereocenters. The van der Waals surface area contributed by atoms with Gasteiger partial charge in [0.2, 0.25) is 5.91 Å². The molecular weight excluding hydrogens is 460 g/mol. The van der Waals surface area contributed by atoms with Crippen LogP contribution in [0.15, 0.2) is 30.2 Å². The van der Waals surface area contributed by atoms with Crippen molar-refractivity contribution in [1.29, 1.82) is 0 Å². The second-order valence-corrected chi connectivity index (χ2v) is 13.5. The maximum absolute atomic E-state index is 13.4. The van der Waals surface area contributed by atoms with Crippen molar-refractivity contribution in [3.05, 3.63) is 30.2 Å². The van der Waals surface area contributed by atoms with E-state index in [1.165, 1.54) is 32.1 Å². The van der Waals surface area contributed by atoms with Crippen molar-refractivity contribution in [3.8, 4) is 0 Å². The average molecular weight is 507 g/mol. The molecule has 4 fully saturated rings.